The Hall–Kier alpha value is 0.930. The molecule has 1 unspecified atom stereocenters. The third-order valence-corrected chi connectivity index (χ3v) is 3.19. The topological polar surface area (TPSA) is 52.5 Å². The summed E-state index contributed by atoms with van der Waals surface area (Å²) in [4.78, 5) is 0. The van der Waals surface area contributed by atoms with Gasteiger partial charge >= 0.3 is 0 Å². The van der Waals surface area contributed by atoms with Gasteiger partial charge in [0.15, 0.2) is 5.08 Å². The van der Waals surface area contributed by atoms with E-state index in [9.17, 15) is 4.55 Å². The molecular weight excluding hydrogens is 192 g/mol. The van der Waals surface area contributed by atoms with Crippen LogP contribution in [0.4, 0.5) is 0 Å². The maximum absolute atomic E-state index is 10.8. The Bertz CT molecular complexity index is 72.8. The van der Waals surface area contributed by atoms with Crippen molar-refractivity contribution in [1.29, 1.82) is 0 Å². The summed E-state index contributed by atoms with van der Waals surface area (Å²) in [7, 11) is 0. The quantitative estimate of drug-likeness (QED) is 0.398. The lowest BCUT2D eigenvalue weighted by atomic mass is 10.9. The molecule has 0 fully saturated rings. The van der Waals surface area contributed by atoms with Gasteiger partial charge in [0.1, 0.15) is 12.4 Å². The van der Waals surface area contributed by atoms with Crippen LogP contribution in [-0.4, -0.2) is 32.8 Å². The van der Waals surface area contributed by atoms with Crippen molar-refractivity contribution in [3.8, 4) is 0 Å². The van der Waals surface area contributed by atoms with Gasteiger partial charge in [0.25, 0.3) is 0 Å². The molecule has 3 nitrogen and oxygen atoms in total. The molecule has 1 N–H and O–H groups in total. The van der Waals surface area contributed by atoms with Crippen molar-refractivity contribution in [1.82, 2.24) is 0 Å². The van der Waals surface area contributed by atoms with E-state index in [2.05, 4.69) is 0 Å². The third-order valence-electron chi connectivity index (χ3n) is 0.696. The average Bonchev–Trinajstić information content (AvgIpc) is 1.89. The molecule has 10 heavy (non-hydrogen) atoms. The first-order valence-corrected chi connectivity index (χ1v) is 6.16. The van der Waals surface area contributed by atoms with Crippen molar-refractivity contribution in [3.05, 3.63) is 0 Å². The summed E-state index contributed by atoms with van der Waals surface area (Å²) in [6, 6.07) is 0. The van der Waals surface area contributed by atoms with Crippen molar-refractivity contribution in [2.75, 3.05) is 23.7 Å². The molecule has 0 radical (unpaired) electrons. The molecule has 0 heterocycles. The Kier molecular flexibility index (Phi) is 8.78. The fourth-order valence-corrected chi connectivity index (χ4v) is 1.89. The Labute approximate surface area is 72.5 Å². The number of rotatable bonds is 6. The maximum atomic E-state index is 10.8. The number of hydrogen-bond acceptors (Lipinski definition) is 5. The minimum absolute atomic E-state index is 0.276. The molecule has 0 saturated heterocycles. The van der Waals surface area contributed by atoms with Crippen LogP contribution in [0.25, 0.3) is 0 Å². The predicted molar refractivity (Wildman–Crippen MR) is 47.6 cm³/mol. The van der Waals surface area contributed by atoms with Crippen LogP contribution in [0, 0.1) is 0 Å². The molecule has 0 saturated carbocycles. The largest absolute Gasteiger partial charge is 0.616 e. The van der Waals surface area contributed by atoms with Crippen LogP contribution in [0.3, 0.4) is 0 Å². The Morgan fingerprint density at radius 3 is 2.90 bits per heavy atom. The summed E-state index contributed by atoms with van der Waals surface area (Å²) in [5, 5.41) is 0.276. The molecule has 0 aromatic rings. The van der Waals surface area contributed by atoms with Crippen molar-refractivity contribution in [3.63, 3.8) is 0 Å². The Morgan fingerprint density at radius 2 is 2.40 bits per heavy atom. The second-order valence-corrected chi connectivity index (χ2v) is 4.44. The van der Waals surface area contributed by atoms with Crippen LogP contribution in [-0.2, 0) is 15.4 Å². The van der Waals surface area contributed by atoms with E-state index in [4.69, 9.17) is 8.74 Å². The summed E-state index contributed by atoms with van der Waals surface area (Å²) >= 11 is 0.916. The van der Waals surface area contributed by atoms with Gasteiger partial charge in [-0.3, -0.25) is 0 Å². The molecule has 0 aliphatic heterocycles. The summed E-state index contributed by atoms with van der Waals surface area (Å²) in [6.45, 7) is 0.480. The molecular formula is C4H10O3S3. The first-order chi connectivity index (χ1) is 4.81. The second kappa shape index (κ2) is 8.03. The van der Waals surface area contributed by atoms with Gasteiger partial charge in [0, 0.05) is 18.3 Å². The zero-order valence-electron chi connectivity index (χ0n) is 5.61. The van der Waals surface area contributed by atoms with Gasteiger partial charge in [-0.1, -0.05) is 0 Å². The molecule has 0 spiro atoms. The van der Waals surface area contributed by atoms with Crippen LogP contribution in [0.2, 0.25) is 0 Å². The van der Waals surface area contributed by atoms with Gasteiger partial charge in [-0.25, -0.2) is 0 Å². The van der Waals surface area contributed by atoms with Gasteiger partial charge in [0.2, 0.25) is 0 Å². The molecule has 6 heteroatoms. The minimum Gasteiger partial charge on any atom is -0.616 e. The SMILES string of the molecule is CSOCC[S+]([O-])CSO. The van der Waals surface area contributed by atoms with Gasteiger partial charge in [-0.15, -0.1) is 0 Å². The highest BCUT2D eigenvalue weighted by Gasteiger charge is 2.04. The highest BCUT2D eigenvalue weighted by molar-refractivity contribution is 8.09. The first-order valence-electron chi connectivity index (χ1n) is 2.58. The van der Waals surface area contributed by atoms with E-state index in [1.165, 1.54) is 12.0 Å². The summed E-state index contributed by atoms with van der Waals surface area (Å²) in [5.41, 5.74) is 0. The normalized spacial score (nSPS) is 13.5. The van der Waals surface area contributed by atoms with Crippen molar-refractivity contribution < 1.29 is 13.3 Å². The zero-order valence-corrected chi connectivity index (χ0v) is 8.06. The van der Waals surface area contributed by atoms with Crippen LogP contribution in [0.5, 0.6) is 0 Å². The van der Waals surface area contributed by atoms with Crippen LogP contribution >= 0.6 is 24.1 Å². The highest BCUT2D eigenvalue weighted by atomic mass is 32.3. The van der Waals surface area contributed by atoms with E-state index in [0.29, 0.717) is 24.4 Å². The van der Waals surface area contributed by atoms with Gasteiger partial charge in [0.05, 0.1) is 0 Å². The first kappa shape index (κ1) is 10.9. The van der Waals surface area contributed by atoms with Gasteiger partial charge in [-0.2, -0.15) is 0 Å². The lowest BCUT2D eigenvalue weighted by Gasteiger charge is -2.06. The molecule has 0 amide bonds. The third kappa shape index (κ3) is 7.04. The predicted octanol–water partition coefficient (Wildman–Crippen LogP) is 1.19. The van der Waals surface area contributed by atoms with Crippen molar-refractivity contribution in [2.24, 2.45) is 0 Å². The molecule has 0 aromatic heterocycles. The van der Waals surface area contributed by atoms with E-state index in [1.54, 1.807) is 0 Å². The second-order valence-electron chi connectivity index (χ2n) is 1.38. The van der Waals surface area contributed by atoms with E-state index in [1.807, 2.05) is 6.26 Å². The maximum Gasteiger partial charge on any atom is 0.175 e. The zero-order chi connectivity index (χ0) is 7.82. The van der Waals surface area contributed by atoms with E-state index in [0.717, 1.165) is 0 Å². The Morgan fingerprint density at radius 1 is 1.70 bits per heavy atom. The molecule has 0 aliphatic rings. The van der Waals surface area contributed by atoms with E-state index >= 15 is 0 Å². The summed E-state index contributed by atoms with van der Waals surface area (Å²) in [5.74, 6) is 0.494. The lowest BCUT2D eigenvalue weighted by Crippen LogP contribution is -2.12. The van der Waals surface area contributed by atoms with Crippen molar-refractivity contribution >= 4 is 35.3 Å². The monoisotopic (exact) mass is 202 g/mol. The van der Waals surface area contributed by atoms with Crippen LogP contribution < -0.4 is 0 Å². The van der Waals surface area contributed by atoms with Crippen LogP contribution in [0.15, 0.2) is 0 Å². The smallest absolute Gasteiger partial charge is 0.175 e. The number of hydrogen-bond donors (Lipinski definition) is 1. The van der Waals surface area contributed by atoms with Gasteiger partial charge in [-0.05, 0) is 23.2 Å². The molecule has 0 aromatic carbocycles. The molecule has 1 atom stereocenters. The molecule has 0 bridgehead atoms. The lowest BCUT2D eigenvalue weighted by molar-refractivity contribution is 0.403. The molecule has 62 valence electrons. The minimum atomic E-state index is -0.947. The van der Waals surface area contributed by atoms with E-state index < -0.39 is 11.2 Å². The standard InChI is InChI=1S/C4H10O3S3/c1-8-7-2-3-10(6)4-9-5/h5H,2-4H2,1H3. The van der Waals surface area contributed by atoms with E-state index in [-0.39, 0.29) is 5.08 Å². The highest BCUT2D eigenvalue weighted by Crippen LogP contribution is 2.02. The van der Waals surface area contributed by atoms with Crippen molar-refractivity contribution in [2.45, 2.75) is 0 Å². The summed E-state index contributed by atoms with van der Waals surface area (Å²) in [6.07, 6.45) is 1.81. The molecule has 0 rings (SSSR count). The fourth-order valence-electron chi connectivity index (χ4n) is 0.328. The van der Waals surface area contributed by atoms with Crippen LogP contribution in [0.1, 0.15) is 0 Å². The fraction of sp³-hybridized carbons (Fsp3) is 1.00. The van der Waals surface area contributed by atoms with Gasteiger partial charge < -0.3 is 13.3 Å². The summed E-state index contributed by atoms with van der Waals surface area (Å²) < 4.78 is 23.9. The average molecular weight is 202 g/mol. The molecule has 0 aliphatic carbocycles. The Balaban J connectivity index is 2.97.